The normalized spacial score (nSPS) is 15.7. The second kappa shape index (κ2) is 12.7. The number of amides is 1. The van der Waals surface area contributed by atoms with Gasteiger partial charge in [0.1, 0.15) is 12.4 Å². The Bertz CT molecular complexity index is 940. The molecule has 1 N–H and O–H groups in total. The summed E-state index contributed by atoms with van der Waals surface area (Å²) in [5, 5.41) is 10.4. The third kappa shape index (κ3) is 8.20. The van der Waals surface area contributed by atoms with E-state index in [1.54, 1.807) is 4.90 Å². The quantitative estimate of drug-likeness (QED) is 0.453. The van der Waals surface area contributed by atoms with Crippen molar-refractivity contribution in [2.45, 2.75) is 26.9 Å². The molecular weight excluding hydrogens is 510 g/mol. The Morgan fingerprint density at radius 1 is 1.06 bits per heavy atom. The van der Waals surface area contributed by atoms with Crippen LogP contribution in [0.15, 0.2) is 53.0 Å². The molecule has 35 heavy (non-hydrogen) atoms. The fraction of sp³-hybridized carbons (Fsp3) is 0.519. The Labute approximate surface area is 217 Å². The highest BCUT2D eigenvalue weighted by Gasteiger charge is 2.28. The summed E-state index contributed by atoms with van der Waals surface area (Å²) in [5.41, 5.74) is 1.56. The number of ether oxygens (including phenoxy) is 2. The van der Waals surface area contributed by atoms with E-state index in [4.69, 9.17) is 9.47 Å². The van der Waals surface area contributed by atoms with Crippen molar-refractivity contribution in [2.24, 2.45) is 5.41 Å². The number of aliphatic hydroxyl groups is 1. The molecule has 7 nitrogen and oxygen atoms in total. The molecule has 1 amide bonds. The van der Waals surface area contributed by atoms with E-state index in [2.05, 4.69) is 31.8 Å². The second-order valence-electron chi connectivity index (χ2n) is 9.92. The summed E-state index contributed by atoms with van der Waals surface area (Å²) < 4.78 is 12.3. The van der Waals surface area contributed by atoms with Crippen molar-refractivity contribution < 1.29 is 19.4 Å². The number of β-amino-alcohol motifs (C(OH)–C–C–N with tert-alkyl or cyclic N) is 1. The number of rotatable bonds is 10. The van der Waals surface area contributed by atoms with Crippen LogP contribution in [0.25, 0.3) is 0 Å². The van der Waals surface area contributed by atoms with Gasteiger partial charge in [0.25, 0.3) is 0 Å². The first kappa shape index (κ1) is 27.5. The highest BCUT2D eigenvalue weighted by molar-refractivity contribution is 9.10. The molecule has 1 unspecified atom stereocenters. The number of hydrogen-bond acceptors (Lipinski definition) is 6. The number of hydrogen-bond donors (Lipinski definition) is 1. The first-order chi connectivity index (χ1) is 16.6. The first-order valence-electron chi connectivity index (χ1n) is 12.1. The molecule has 2 aromatic carbocycles. The van der Waals surface area contributed by atoms with Gasteiger partial charge in [-0.25, -0.2) is 0 Å². The van der Waals surface area contributed by atoms with Crippen LogP contribution in [-0.4, -0.2) is 81.6 Å². The molecule has 3 rings (SSSR count). The van der Waals surface area contributed by atoms with Crippen LogP contribution >= 0.6 is 15.9 Å². The summed E-state index contributed by atoms with van der Waals surface area (Å²) >= 11 is 3.40. The van der Waals surface area contributed by atoms with E-state index in [1.165, 1.54) is 0 Å². The van der Waals surface area contributed by atoms with Gasteiger partial charge in [-0.05, 0) is 36.4 Å². The maximum atomic E-state index is 12.8. The molecule has 0 saturated carbocycles. The van der Waals surface area contributed by atoms with Crippen molar-refractivity contribution in [2.75, 3.05) is 69.4 Å². The lowest BCUT2D eigenvalue weighted by Gasteiger charge is -2.38. The van der Waals surface area contributed by atoms with Crippen molar-refractivity contribution in [1.82, 2.24) is 4.90 Å². The Hall–Kier alpha value is -2.13. The van der Waals surface area contributed by atoms with E-state index in [9.17, 15) is 9.90 Å². The minimum absolute atomic E-state index is 0.0916. The van der Waals surface area contributed by atoms with Crippen LogP contribution in [0.5, 0.6) is 5.75 Å². The van der Waals surface area contributed by atoms with Gasteiger partial charge in [0.2, 0.25) is 5.91 Å². The van der Waals surface area contributed by atoms with Crippen LogP contribution < -0.4 is 14.5 Å². The van der Waals surface area contributed by atoms with Gasteiger partial charge in [-0.3, -0.25) is 9.69 Å². The number of carbonyl (C=O) groups excluding carboxylic acids is 1. The molecular formula is C27H38BrN3O4. The molecule has 2 aromatic rings. The smallest absolute Gasteiger partial charge is 0.232 e. The number of piperazine rings is 1. The Kier molecular flexibility index (Phi) is 9.98. The molecule has 0 bridgehead atoms. The molecule has 0 aliphatic carbocycles. The zero-order chi connectivity index (χ0) is 25.4. The van der Waals surface area contributed by atoms with Gasteiger partial charge < -0.3 is 24.4 Å². The minimum atomic E-state index is -0.544. The van der Waals surface area contributed by atoms with E-state index < -0.39 is 11.5 Å². The third-order valence-electron chi connectivity index (χ3n) is 5.99. The fourth-order valence-corrected chi connectivity index (χ4v) is 4.38. The van der Waals surface area contributed by atoms with Gasteiger partial charge in [-0.2, -0.15) is 0 Å². The molecule has 0 spiro atoms. The lowest BCUT2D eigenvalue weighted by molar-refractivity contribution is -0.125. The van der Waals surface area contributed by atoms with Crippen LogP contribution in [0.4, 0.5) is 11.4 Å². The van der Waals surface area contributed by atoms with Crippen molar-refractivity contribution >= 4 is 33.2 Å². The fourth-order valence-electron chi connectivity index (χ4n) is 4.12. The lowest BCUT2D eigenvalue weighted by Crippen LogP contribution is -2.49. The molecule has 1 fully saturated rings. The standard InChI is InChI=1S/C27H38BrN3O4/c1-27(2,3)26(33)29(4)24-7-5-6-8-25(24)31-15-13-30(14-16-31)19-22(32)20-34-17-18-35-23-11-9-21(28)10-12-23/h5-12,22,32H,13-20H2,1-4H3. The zero-order valence-corrected chi connectivity index (χ0v) is 22.8. The van der Waals surface area contributed by atoms with Crippen LogP contribution in [0, 0.1) is 5.41 Å². The van der Waals surface area contributed by atoms with Crippen LogP contribution in [0.3, 0.4) is 0 Å². The largest absolute Gasteiger partial charge is 0.491 e. The third-order valence-corrected chi connectivity index (χ3v) is 6.52. The summed E-state index contributed by atoms with van der Waals surface area (Å²) in [4.78, 5) is 19.2. The number of benzene rings is 2. The molecule has 0 aromatic heterocycles. The predicted octanol–water partition coefficient (Wildman–Crippen LogP) is 4.04. The predicted molar refractivity (Wildman–Crippen MR) is 144 cm³/mol. The van der Waals surface area contributed by atoms with Gasteiger partial charge in [0.15, 0.2) is 0 Å². The molecule has 1 aliphatic rings. The SMILES string of the molecule is CN(C(=O)C(C)(C)C)c1ccccc1N1CCN(CC(O)COCCOc2ccc(Br)cc2)CC1. The minimum Gasteiger partial charge on any atom is -0.491 e. The number of halogens is 1. The van der Waals surface area contributed by atoms with Gasteiger partial charge >= 0.3 is 0 Å². The van der Waals surface area contributed by atoms with Gasteiger partial charge in [0.05, 0.1) is 30.7 Å². The van der Waals surface area contributed by atoms with E-state index in [0.29, 0.717) is 19.8 Å². The molecule has 1 heterocycles. The van der Waals surface area contributed by atoms with E-state index >= 15 is 0 Å². The summed E-state index contributed by atoms with van der Waals surface area (Å²) in [5.74, 6) is 0.889. The van der Waals surface area contributed by atoms with E-state index in [0.717, 1.165) is 47.8 Å². The molecule has 8 heteroatoms. The lowest BCUT2D eigenvalue weighted by atomic mass is 9.94. The number of carbonyl (C=O) groups is 1. The van der Waals surface area contributed by atoms with Crippen LogP contribution in [0.2, 0.25) is 0 Å². The topological polar surface area (TPSA) is 65.5 Å². The average Bonchev–Trinajstić information content (AvgIpc) is 2.84. The highest BCUT2D eigenvalue weighted by atomic mass is 79.9. The van der Waals surface area contributed by atoms with Crippen molar-refractivity contribution in [3.63, 3.8) is 0 Å². The second-order valence-corrected chi connectivity index (χ2v) is 10.8. The van der Waals surface area contributed by atoms with Gasteiger partial charge in [-0.15, -0.1) is 0 Å². The van der Waals surface area contributed by atoms with Crippen molar-refractivity contribution in [3.05, 3.63) is 53.0 Å². The number of para-hydroxylation sites is 2. The summed E-state index contributed by atoms with van der Waals surface area (Å²) in [6.07, 6.45) is -0.544. The van der Waals surface area contributed by atoms with Crippen molar-refractivity contribution in [3.8, 4) is 5.75 Å². The summed E-state index contributed by atoms with van der Waals surface area (Å²) in [7, 11) is 1.85. The Morgan fingerprint density at radius 3 is 2.37 bits per heavy atom. The molecule has 1 saturated heterocycles. The average molecular weight is 549 g/mol. The zero-order valence-electron chi connectivity index (χ0n) is 21.2. The van der Waals surface area contributed by atoms with Crippen LogP contribution in [-0.2, 0) is 9.53 Å². The first-order valence-corrected chi connectivity index (χ1v) is 12.9. The molecule has 0 radical (unpaired) electrons. The number of anilines is 2. The Balaban J connectivity index is 1.40. The van der Waals surface area contributed by atoms with Gasteiger partial charge in [-0.1, -0.05) is 48.8 Å². The van der Waals surface area contributed by atoms with E-state index in [-0.39, 0.29) is 12.5 Å². The van der Waals surface area contributed by atoms with E-state index in [1.807, 2.05) is 70.3 Å². The summed E-state index contributed by atoms with van der Waals surface area (Å²) in [6.45, 7) is 10.9. The monoisotopic (exact) mass is 547 g/mol. The van der Waals surface area contributed by atoms with Gasteiger partial charge in [0, 0.05) is 49.7 Å². The maximum Gasteiger partial charge on any atom is 0.232 e. The highest BCUT2D eigenvalue weighted by Crippen LogP contribution is 2.32. The number of nitrogens with zero attached hydrogens (tertiary/aromatic N) is 3. The Morgan fingerprint density at radius 2 is 1.71 bits per heavy atom. The summed E-state index contributed by atoms with van der Waals surface area (Å²) in [6, 6.07) is 15.7. The number of aliphatic hydroxyl groups excluding tert-OH is 1. The molecule has 192 valence electrons. The maximum absolute atomic E-state index is 12.8. The molecule has 1 aliphatic heterocycles. The van der Waals surface area contributed by atoms with Crippen molar-refractivity contribution in [1.29, 1.82) is 0 Å². The molecule has 1 atom stereocenters. The van der Waals surface area contributed by atoms with Crippen LogP contribution in [0.1, 0.15) is 20.8 Å².